The fourth-order valence-corrected chi connectivity index (χ4v) is 3.56. The molecule has 0 unspecified atom stereocenters. The van der Waals surface area contributed by atoms with E-state index in [1.807, 2.05) is 72.8 Å². The van der Waals surface area contributed by atoms with Crippen LogP contribution in [-0.4, -0.2) is 31.6 Å². The summed E-state index contributed by atoms with van der Waals surface area (Å²) in [5.74, 6) is 1.98. The van der Waals surface area contributed by atoms with Crippen LogP contribution in [-0.2, 0) is 0 Å². The molecule has 166 valence electrons. The molecule has 2 N–H and O–H groups in total. The normalized spacial score (nSPS) is 10.4. The Morgan fingerprint density at radius 1 is 0.515 bits per heavy atom. The molecule has 6 nitrogen and oxygen atoms in total. The zero-order valence-corrected chi connectivity index (χ0v) is 18.4. The van der Waals surface area contributed by atoms with Crippen molar-refractivity contribution in [1.29, 1.82) is 0 Å². The highest BCUT2D eigenvalue weighted by Crippen LogP contribution is 2.37. The zero-order valence-electron chi connectivity index (χ0n) is 18.4. The first-order valence-corrected chi connectivity index (χ1v) is 10.4. The number of hydrogen-bond donors (Lipinski definition) is 2. The third-order valence-electron chi connectivity index (χ3n) is 5.22. The van der Waals surface area contributed by atoms with Crippen molar-refractivity contribution in [3.63, 3.8) is 0 Å². The highest BCUT2D eigenvalue weighted by Gasteiger charge is 2.14. The second kappa shape index (κ2) is 10.1. The third-order valence-corrected chi connectivity index (χ3v) is 5.22. The Kier molecular flexibility index (Phi) is 6.83. The molecule has 0 aliphatic heterocycles. The van der Waals surface area contributed by atoms with E-state index in [0.717, 1.165) is 39.7 Å². The van der Waals surface area contributed by atoms with Gasteiger partial charge in [-0.2, -0.15) is 0 Å². The molecule has 0 aliphatic carbocycles. The van der Waals surface area contributed by atoms with Crippen LogP contribution < -0.4 is 19.0 Å². The van der Waals surface area contributed by atoms with Gasteiger partial charge in [0.1, 0.15) is 17.2 Å². The van der Waals surface area contributed by atoms with Crippen molar-refractivity contribution in [2.75, 3.05) is 19.1 Å². The summed E-state index contributed by atoms with van der Waals surface area (Å²) in [5, 5.41) is 17.9. The van der Waals surface area contributed by atoms with Gasteiger partial charge in [-0.25, -0.2) is 0 Å². The highest BCUT2D eigenvalue weighted by molar-refractivity contribution is 6.33. The fraction of sp³-hybridized carbons (Fsp3) is 0.0769. The van der Waals surface area contributed by atoms with Gasteiger partial charge in [0, 0.05) is 17.1 Å². The van der Waals surface area contributed by atoms with Gasteiger partial charge in [0.25, 0.3) is 0 Å². The van der Waals surface area contributed by atoms with Gasteiger partial charge in [0.05, 0.1) is 14.2 Å². The average molecular weight is 441 g/mol. The second-order valence-corrected chi connectivity index (χ2v) is 7.25. The average Bonchev–Trinajstić information content (AvgIpc) is 2.86. The number of benzene rings is 4. The van der Waals surface area contributed by atoms with Crippen molar-refractivity contribution in [3.8, 4) is 28.4 Å². The Morgan fingerprint density at radius 2 is 0.848 bits per heavy atom. The van der Waals surface area contributed by atoms with Gasteiger partial charge in [0.2, 0.25) is 0 Å². The van der Waals surface area contributed by atoms with E-state index in [0.29, 0.717) is 5.75 Å². The first-order chi connectivity index (χ1) is 16.1. The van der Waals surface area contributed by atoms with Crippen LogP contribution in [0.1, 0.15) is 0 Å². The summed E-state index contributed by atoms with van der Waals surface area (Å²) >= 11 is 0. The van der Waals surface area contributed by atoms with E-state index < -0.39 is 7.32 Å². The molecule has 4 rings (SSSR count). The van der Waals surface area contributed by atoms with Crippen molar-refractivity contribution in [1.82, 2.24) is 0 Å². The van der Waals surface area contributed by atoms with Crippen molar-refractivity contribution in [2.45, 2.75) is 0 Å². The van der Waals surface area contributed by atoms with Crippen LogP contribution in [0.15, 0.2) is 97.1 Å². The van der Waals surface area contributed by atoms with E-state index in [1.165, 1.54) is 0 Å². The maximum Gasteiger partial charge on any atom is 0.707 e. The minimum absolute atomic E-state index is 0.385. The highest BCUT2D eigenvalue weighted by atomic mass is 16.6. The van der Waals surface area contributed by atoms with Gasteiger partial charge < -0.3 is 29.1 Å². The zero-order chi connectivity index (χ0) is 23.2. The fourth-order valence-electron chi connectivity index (χ4n) is 3.56. The smallest absolute Gasteiger partial charge is 0.512 e. The Bertz CT molecular complexity index is 1110. The quantitative estimate of drug-likeness (QED) is 0.367. The molecule has 0 aliphatic rings. The van der Waals surface area contributed by atoms with E-state index >= 15 is 0 Å². The number of rotatable bonds is 8. The summed E-state index contributed by atoms with van der Waals surface area (Å²) in [6, 6.07) is 31.2. The second-order valence-electron chi connectivity index (χ2n) is 7.25. The molecule has 0 radical (unpaired) electrons. The SMILES string of the molecule is COc1ccc(N(c2ccc(OC)cc2)c2ccc(-c3ccc(OB(O)O)cc3)cc2)cc1. The van der Waals surface area contributed by atoms with Crippen LogP contribution in [0.2, 0.25) is 0 Å². The first kappa shape index (κ1) is 22.3. The molecule has 0 saturated carbocycles. The summed E-state index contributed by atoms with van der Waals surface area (Å²) in [4.78, 5) is 2.15. The van der Waals surface area contributed by atoms with Gasteiger partial charge in [-0.15, -0.1) is 0 Å². The summed E-state index contributed by atoms with van der Waals surface area (Å²) in [6.07, 6.45) is 0. The molecule has 0 fully saturated rings. The van der Waals surface area contributed by atoms with Crippen LogP contribution in [0.5, 0.6) is 17.2 Å². The Balaban J connectivity index is 1.66. The number of methoxy groups -OCH3 is 2. The van der Waals surface area contributed by atoms with Crippen LogP contribution in [0.3, 0.4) is 0 Å². The van der Waals surface area contributed by atoms with Crippen LogP contribution >= 0.6 is 0 Å². The summed E-state index contributed by atoms with van der Waals surface area (Å²) in [7, 11) is 1.47. The van der Waals surface area contributed by atoms with Gasteiger partial charge in [-0.1, -0.05) is 24.3 Å². The minimum atomic E-state index is -1.84. The lowest BCUT2D eigenvalue weighted by Crippen LogP contribution is -2.20. The molecule has 0 aromatic heterocycles. The Morgan fingerprint density at radius 3 is 1.21 bits per heavy atom. The maximum absolute atomic E-state index is 8.94. The number of hydrogen-bond acceptors (Lipinski definition) is 6. The number of ether oxygens (including phenoxy) is 2. The maximum atomic E-state index is 8.94. The molecule has 4 aromatic rings. The van der Waals surface area contributed by atoms with Crippen LogP contribution in [0.25, 0.3) is 11.1 Å². The summed E-state index contributed by atoms with van der Waals surface area (Å²) in [5.41, 5.74) is 5.01. The van der Waals surface area contributed by atoms with Gasteiger partial charge in [-0.3, -0.25) is 0 Å². The first-order valence-electron chi connectivity index (χ1n) is 10.4. The Labute approximate surface area is 193 Å². The van der Waals surface area contributed by atoms with E-state index in [-0.39, 0.29) is 0 Å². The van der Waals surface area contributed by atoms with E-state index in [2.05, 4.69) is 17.0 Å². The molecular weight excluding hydrogens is 417 g/mol. The largest absolute Gasteiger partial charge is 0.707 e. The molecule has 33 heavy (non-hydrogen) atoms. The molecule has 0 amide bonds. The third kappa shape index (κ3) is 5.28. The summed E-state index contributed by atoms with van der Waals surface area (Å²) in [6.45, 7) is 0. The predicted octanol–water partition coefficient (Wildman–Crippen LogP) is 5.19. The Hall–Kier alpha value is -3.94. The standard InChI is InChI=1S/C26H24BNO5/c1-31-24-15-9-22(10-16-24)28(23-11-17-25(32-2)18-12-23)21-7-3-19(4-8-21)20-5-13-26(14-6-20)33-27(29)30/h3-18,29-30H,1-2H3. The van der Waals surface area contributed by atoms with E-state index in [1.54, 1.807) is 26.4 Å². The lowest BCUT2D eigenvalue weighted by molar-refractivity contribution is 0.288. The van der Waals surface area contributed by atoms with Crippen molar-refractivity contribution in [3.05, 3.63) is 97.1 Å². The lowest BCUT2D eigenvalue weighted by Gasteiger charge is -2.26. The molecule has 0 atom stereocenters. The van der Waals surface area contributed by atoms with Gasteiger partial charge in [-0.05, 0) is 83.9 Å². The minimum Gasteiger partial charge on any atom is -0.512 e. The predicted molar refractivity (Wildman–Crippen MR) is 130 cm³/mol. The van der Waals surface area contributed by atoms with Crippen LogP contribution in [0.4, 0.5) is 17.1 Å². The van der Waals surface area contributed by atoms with Crippen molar-refractivity contribution in [2.24, 2.45) is 0 Å². The molecule has 0 heterocycles. The number of anilines is 3. The molecule has 0 saturated heterocycles. The molecule has 0 spiro atoms. The molecule has 0 bridgehead atoms. The monoisotopic (exact) mass is 441 g/mol. The van der Waals surface area contributed by atoms with E-state index in [4.69, 9.17) is 24.2 Å². The molecule has 4 aromatic carbocycles. The summed E-state index contributed by atoms with van der Waals surface area (Å²) < 4.78 is 15.5. The van der Waals surface area contributed by atoms with Crippen molar-refractivity contribution >= 4 is 24.4 Å². The van der Waals surface area contributed by atoms with Crippen LogP contribution in [0, 0.1) is 0 Å². The number of nitrogens with zero attached hydrogens (tertiary/aromatic N) is 1. The van der Waals surface area contributed by atoms with Gasteiger partial charge >= 0.3 is 7.32 Å². The molecular formula is C26H24BNO5. The van der Waals surface area contributed by atoms with Gasteiger partial charge in [0.15, 0.2) is 0 Å². The topological polar surface area (TPSA) is 71.4 Å². The van der Waals surface area contributed by atoms with Crippen molar-refractivity contribution < 1.29 is 24.2 Å². The van der Waals surface area contributed by atoms with E-state index in [9.17, 15) is 0 Å². The molecule has 7 heteroatoms. The lowest BCUT2D eigenvalue weighted by atomic mass is 10.0.